The number of hydrogen-bond acceptors (Lipinski definition) is 6. The maximum atomic E-state index is 13.2. The number of thioether (sulfide) groups is 1. The number of fused-ring (bicyclic) bond motifs is 1. The molecule has 7 nitrogen and oxygen atoms in total. The summed E-state index contributed by atoms with van der Waals surface area (Å²) in [6.07, 6.45) is 3.75. The minimum Gasteiger partial charge on any atom is -0.465 e. The molecule has 2 aromatic carbocycles. The Morgan fingerprint density at radius 3 is 2.64 bits per heavy atom. The minimum absolute atomic E-state index is 0.110. The van der Waals surface area contributed by atoms with Gasteiger partial charge in [0.1, 0.15) is 6.54 Å². The van der Waals surface area contributed by atoms with Gasteiger partial charge in [0.05, 0.1) is 30.4 Å². The Kier molecular flexibility index (Phi) is 7.26. The van der Waals surface area contributed by atoms with Crippen molar-refractivity contribution in [3.8, 4) is 0 Å². The summed E-state index contributed by atoms with van der Waals surface area (Å²) >= 11 is 1.34. The number of methoxy groups -OCH3 is 1. The van der Waals surface area contributed by atoms with E-state index in [2.05, 4.69) is 4.99 Å². The first kappa shape index (κ1) is 22.8. The van der Waals surface area contributed by atoms with Crippen LogP contribution < -0.4 is 0 Å². The molecule has 0 aliphatic carbocycles. The van der Waals surface area contributed by atoms with Crippen LogP contribution in [0.5, 0.6) is 0 Å². The standard InChI is InChI=1S/C25H25N3O4S/c1-3-32-23(29)17-27-16-18(20-11-7-8-12-21(20)27)15-22-24(30)28(13-14-31-2)25(33-22)26-19-9-5-4-6-10-19/h4-12,15-16H,3,13-14,17H2,1-2H3. The number of ether oxygens (including phenoxy) is 2. The minimum atomic E-state index is -0.299. The predicted molar refractivity (Wildman–Crippen MR) is 131 cm³/mol. The highest BCUT2D eigenvalue weighted by molar-refractivity contribution is 8.18. The van der Waals surface area contributed by atoms with Crippen molar-refractivity contribution < 1.29 is 19.1 Å². The second-order valence-corrected chi connectivity index (χ2v) is 8.33. The quantitative estimate of drug-likeness (QED) is 0.364. The molecule has 0 spiro atoms. The molecule has 3 aromatic rings. The second-order valence-electron chi connectivity index (χ2n) is 7.32. The molecule has 33 heavy (non-hydrogen) atoms. The van der Waals surface area contributed by atoms with E-state index in [0.29, 0.717) is 29.8 Å². The number of rotatable bonds is 8. The first-order valence-corrected chi connectivity index (χ1v) is 11.5. The van der Waals surface area contributed by atoms with Crippen molar-refractivity contribution in [3.05, 3.63) is 71.3 Å². The summed E-state index contributed by atoms with van der Waals surface area (Å²) in [7, 11) is 1.61. The number of aliphatic imine (C=N–C) groups is 1. The molecule has 2 heterocycles. The number of carbonyl (C=O) groups is 2. The van der Waals surface area contributed by atoms with E-state index >= 15 is 0 Å². The molecule has 8 heteroatoms. The van der Waals surface area contributed by atoms with E-state index in [1.807, 2.05) is 71.4 Å². The number of aromatic nitrogens is 1. The van der Waals surface area contributed by atoms with Gasteiger partial charge in [0.2, 0.25) is 0 Å². The lowest BCUT2D eigenvalue weighted by molar-refractivity contribution is -0.143. The predicted octanol–water partition coefficient (Wildman–Crippen LogP) is 4.45. The first-order valence-electron chi connectivity index (χ1n) is 10.7. The zero-order chi connectivity index (χ0) is 23.2. The molecular weight excluding hydrogens is 438 g/mol. The molecule has 0 saturated carbocycles. The molecule has 4 rings (SSSR count). The average Bonchev–Trinajstić information content (AvgIpc) is 3.30. The Labute approximate surface area is 196 Å². The number of para-hydroxylation sites is 2. The fraction of sp³-hybridized carbons (Fsp3) is 0.240. The van der Waals surface area contributed by atoms with Crippen LogP contribution in [0, 0.1) is 0 Å². The highest BCUT2D eigenvalue weighted by atomic mass is 32.2. The van der Waals surface area contributed by atoms with Crippen LogP contribution in [-0.2, 0) is 25.6 Å². The maximum Gasteiger partial charge on any atom is 0.325 e. The molecule has 1 aromatic heterocycles. The molecule has 0 bridgehead atoms. The molecule has 170 valence electrons. The fourth-order valence-electron chi connectivity index (χ4n) is 3.59. The molecule has 1 amide bonds. The van der Waals surface area contributed by atoms with Gasteiger partial charge in [0.15, 0.2) is 5.17 Å². The van der Waals surface area contributed by atoms with Gasteiger partial charge >= 0.3 is 5.97 Å². The molecular formula is C25H25N3O4S. The summed E-state index contributed by atoms with van der Waals surface area (Å²) in [6, 6.07) is 17.3. The van der Waals surface area contributed by atoms with Crippen LogP contribution in [0.4, 0.5) is 5.69 Å². The highest BCUT2D eigenvalue weighted by Crippen LogP contribution is 2.35. The lowest BCUT2D eigenvalue weighted by Crippen LogP contribution is -2.32. The summed E-state index contributed by atoms with van der Waals surface area (Å²) in [5.74, 6) is -0.416. The molecule has 0 unspecified atom stereocenters. The number of benzene rings is 2. The van der Waals surface area contributed by atoms with Gasteiger partial charge in [0, 0.05) is 29.8 Å². The van der Waals surface area contributed by atoms with Crippen LogP contribution in [0.3, 0.4) is 0 Å². The van der Waals surface area contributed by atoms with Crippen molar-refractivity contribution in [1.82, 2.24) is 9.47 Å². The second kappa shape index (κ2) is 10.5. The number of hydrogen-bond donors (Lipinski definition) is 0. The largest absolute Gasteiger partial charge is 0.465 e. The third kappa shape index (κ3) is 5.18. The van der Waals surface area contributed by atoms with Crippen molar-refractivity contribution in [2.45, 2.75) is 13.5 Å². The molecule has 0 N–H and O–H groups in total. The van der Waals surface area contributed by atoms with E-state index in [4.69, 9.17) is 9.47 Å². The fourth-order valence-corrected chi connectivity index (χ4v) is 4.61. The molecule has 1 fully saturated rings. The monoisotopic (exact) mass is 463 g/mol. The molecule has 1 aliphatic rings. The average molecular weight is 464 g/mol. The van der Waals surface area contributed by atoms with Crippen LogP contribution in [0.15, 0.2) is 70.7 Å². The maximum absolute atomic E-state index is 13.2. The molecule has 1 aliphatic heterocycles. The van der Waals surface area contributed by atoms with Gasteiger partial charge in [-0.15, -0.1) is 0 Å². The van der Waals surface area contributed by atoms with E-state index in [9.17, 15) is 9.59 Å². The van der Waals surface area contributed by atoms with Crippen molar-refractivity contribution in [3.63, 3.8) is 0 Å². The Balaban J connectivity index is 1.70. The normalized spacial score (nSPS) is 16.3. The summed E-state index contributed by atoms with van der Waals surface area (Å²) < 4.78 is 12.2. The number of nitrogens with zero attached hydrogens (tertiary/aromatic N) is 3. The van der Waals surface area contributed by atoms with Crippen molar-refractivity contribution in [1.29, 1.82) is 0 Å². The zero-order valence-corrected chi connectivity index (χ0v) is 19.4. The summed E-state index contributed by atoms with van der Waals surface area (Å²) in [5.41, 5.74) is 2.54. The van der Waals surface area contributed by atoms with Gasteiger partial charge in [-0.3, -0.25) is 14.5 Å². The van der Waals surface area contributed by atoms with Crippen molar-refractivity contribution in [2.24, 2.45) is 4.99 Å². The third-order valence-electron chi connectivity index (χ3n) is 5.10. The summed E-state index contributed by atoms with van der Waals surface area (Å²) in [6.45, 7) is 3.05. The Morgan fingerprint density at radius 2 is 1.88 bits per heavy atom. The number of amidine groups is 1. The smallest absolute Gasteiger partial charge is 0.325 e. The topological polar surface area (TPSA) is 73.1 Å². The zero-order valence-electron chi connectivity index (χ0n) is 18.6. The van der Waals surface area contributed by atoms with E-state index in [1.165, 1.54) is 11.8 Å². The summed E-state index contributed by atoms with van der Waals surface area (Å²) in [4.78, 5) is 32.2. The Morgan fingerprint density at radius 1 is 1.12 bits per heavy atom. The van der Waals surface area contributed by atoms with E-state index in [0.717, 1.165) is 22.2 Å². The van der Waals surface area contributed by atoms with E-state index in [-0.39, 0.29) is 18.4 Å². The number of carbonyl (C=O) groups excluding carboxylic acids is 2. The molecule has 0 radical (unpaired) electrons. The van der Waals surface area contributed by atoms with Gasteiger partial charge < -0.3 is 14.0 Å². The first-order chi connectivity index (χ1) is 16.1. The van der Waals surface area contributed by atoms with E-state index in [1.54, 1.807) is 18.9 Å². The van der Waals surface area contributed by atoms with Gasteiger partial charge in [-0.25, -0.2) is 4.99 Å². The SMILES string of the molecule is CCOC(=O)Cn1cc(C=C2SC(=Nc3ccccc3)N(CCOC)C2=O)c2ccccc21. The van der Waals surface area contributed by atoms with Gasteiger partial charge in [-0.05, 0) is 43.0 Å². The third-order valence-corrected chi connectivity index (χ3v) is 6.11. The van der Waals surface area contributed by atoms with Gasteiger partial charge in [0.25, 0.3) is 5.91 Å². The Hall–Kier alpha value is -3.36. The highest BCUT2D eigenvalue weighted by Gasteiger charge is 2.33. The van der Waals surface area contributed by atoms with Crippen molar-refractivity contribution in [2.75, 3.05) is 26.9 Å². The van der Waals surface area contributed by atoms with Crippen molar-refractivity contribution >= 4 is 51.5 Å². The van der Waals surface area contributed by atoms with Crippen LogP contribution in [0.2, 0.25) is 0 Å². The number of amides is 1. The molecule has 1 saturated heterocycles. The Bertz CT molecular complexity index is 1220. The molecule has 0 atom stereocenters. The van der Waals surface area contributed by atoms with Crippen LogP contribution in [0.1, 0.15) is 12.5 Å². The lowest BCUT2D eigenvalue weighted by atomic mass is 10.1. The van der Waals surface area contributed by atoms with Crippen LogP contribution >= 0.6 is 11.8 Å². The van der Waals surface area contributed by atoms with Crippen LogP contribution in [0.25, 0.3) is 17.0 Å². The van der Waals surface area contributed by atoms with Gasteiger partial charge in [-0.1, -0.05) is 36.4 Å². The van der Waals surface area contributed by atoms with Gasteiger partial charge in [-0.2, -0.15) is 0 Å². The summed E-state index contributed by atoms with van der Waals surface area (Å²) in [5, 5.41) is 1.57. The van der Waals surface area contributed by atoms with E-state index < -0.39 is 0 Å². The van der Waals surface area contributed by atoms with Crippen LogP contribution in [-0.4, -0.2) is 53.4 Å². The number of esters is 1. The lowest BCUT2D eigenvalue weighted by Gasteiger charge is -2.14.